The van der Waals surface area contributed by atoms with Gasteiger partial charge < -0.3 is 5.32 Å². The maximum absolute atomic E-state index is 13.3. The van der Waals surface area contributed by atoms with Gasteiger partial charge in [-0.15, -0.1) is 0 Å². The topological polar surface area (TPSA) is 41.1 Å². The number of halogens is 1. The summed E-state index contributed by atoms with van der Waals surface area (Å²) in [6.45, 7) is 4.09. The van der Waals surface area contributed by atoms with Gasteiger partial charge in [-0.05, 0) is 48.2 Å². The summed E-state index contributed by atoms with van der Waals surface area (Å²) in [6, 6.07) is 21.9. The molecule has 0 radical (unpaired) electrons. The number of hydrogen-bond donors (Lipinski definition) is 2. The number of hydrogen-bond acceptors (Lipinski definition) is 2. The quantitative estimate of drug-likeness (QED) is 0.664. The molecule has 0 aromatic heterocycles. The van der Waals surface area contributed by atoms with Crippen molar-refractivity contribution < 1.29 is 9.18 Å². The molecule has 0 aliphatic carbocycles. The largest absolute Gasteiger partial charge is 0.324 e. The van der Waals surface area contributed by atoms with E-state index in [1.807, 2.05) is 62.4 Å². The van der Waals surface area contributed by atoms with E-state index in [0.29, 0.717) is 0 Å². The van der Waals surface area contributed by atoms with Crippen LogP contribution in [-0.2, 0) is 4.79 Å². The molecule has 0 heterocycles. The summed E-state index contributed by atoms with van der Waals surface area (Å²) >= 11 is 0. The number of amides is 1. The van der Waals surface area contributed by atoms with Crippen molar-refractivity contribution in [1.82, 2.24) is 5.32 Å². The van der Waals surface area contributed by atoms with Crippen LogP contribution in [0.2, 0.25) is 0 Å². The molecule has 3 nitrogen and oxygen atoms in total. The number of rotatable bonds is 6. The van der Waals surface area contributed by atoms with E-state index in [-0.39, 0.29) is 24.3 Å². The molecule has 1 unspecified atom stereocenters. The molecule has 0 saturated heterocycles. The fraction of sp³-hybridized carbons (Fsp3) is 0.174. The van der Waals surface area contributed by atoms with Crippen molar-refractivity contribution in [3.63, 3.8) is 0 Å². The fourth-order valence-corrected chi connectivity index (χ4v) is 3.12. The van der Waals surface area contributed by atoms with Crippen LogP contribution in [0.5, 0.6) is 0 Å². The average Bonchev–Trinajstić information content (AvgIpc) is 2.67. The van der Waals surface area contributed by atoms with Gasteiger partial charge in [0.05, 0.1) is 12.6 Å². The summed E-state index contributed by atoms with van der Waals surface area (Å²) in [4.78, 5) is 12.5. The summed E-state index contributed by atoms with van der Waals surface area (Å²) in [5.74, 6) is -0.395. The number of para-hydroxylation sites is 1. The van der Waals surface area contributed by atoms with Crippen molar-refractivity contribution in [3.05, 3.63) is 101 Å². The van der Waals surface area contributed by atoms with Crippen molar-refractivity contribution in [2.75, 3.05) is 11.9 Å². The second-order valence-electron chi connectivity index (χ2n) is 6.59. The lowest BCUT2D eigenvalue weighted by atomic mass is 9.98. The predicted octanol–water partition coefficient (Wildman–Crippen LogP) is 4.76. The molecule has 3 aromatic carbocycles. The molecular weight excluding hydrogens is 339 g/mol. The zero-order chi connectivity index (χ0) is 19.2. The maximum atomic E-state index is 13.3. The Morgan fingerprint density at radius 2 is 1.44 bits per heavy atom. The highest BCUT2D eigenvalue weighted by atomic mass is 19.1. The maximum Gasteiger partial charge on any atom is 0.238 e. The van der Waals surface area contributed by atoms with E-state index in [2.05, 4.69) is 10.6 Å². The van der Waals surface area contributed by atoms with Crippen molar-refractivity contribution >= 4 is 11.6 Å². The van der Waals surface area contributed by atoms with E-state index in [0.717, 1.165) is 27.9 Å². The monoisotopic (exact) mass is 362 g/mol. The molecule has 3 aromatic rings. The third-order valence-electron chi connectivity index (χ3n) is 4.55. The number of anilines is 1. The van der Waals surface area contributed by atoms with Gasteiger partial charge in [-0.1, -0.05) is 60.7 Å². The van der Waals surface area contributed by atoms with Gasteiger partial charge in [0.15, 0.2) is 0 Å². The summed E-state index contributed by atoms with van der Waals surface area (Å²) in [5.41, 5.74) is 4.83. The Morgan fingerprint density at radius 1 is 0.852 bits per heavy atom. The lowest BCUT2D eigenvalue weighted by molar-refractivity contribution is -0.115. The molecule has 1 atom stereocenters. The van der Waals surface area contributed by atoms with E-state index in [1.165, 1.54) is 12.1 Å². The third kappa shape index (κ3) is 4.80. The van der Waals surface area contributed by atoms with Crippen LogP contribution in [0.15, 0.2) is 72.8 Å². The van der Waals surface area contributed by atoms with Crippen LogP contribution in [0, 0.1) is 19.7 Å². The minimum absolute atomic E-state index is 0.115. The Balaban J connectivity index is 1.75. The number of carbonyl (C=O) groups excluding carboxylic acids is 1. The van der Waals surface area contributed by atoms with E-state index < -0.39 is 0 Å². The SMILES string of the molecule is Cc1cccc(C)c1NC(=O)CNC(c1ccccc1)c1ccc(F)cc1. The van der Waals surface area contributed by atoms with Crippen LogP contribution in [0.1, 0.15) is 28.3 Å². The van der Waals surface area contributed by atoms with Crippen molar-refractivity contribution in [2.45, 2.75) is 19.9 Å². The highest BCUT2D eigenvalue weighted by Crippen LogP contribution is 2.23. The predicted molar refractivity (Wildman–Crippen MR) is 107 cm³/mol. The Labute approximate surface area is 159 Å². The van der Waals surface area contributed by atoms with Crippen LogP contribution in [0.4, 0.5) is 10.1 Å². The molecule has 4 heteroatoms. The second-order valence-corrected chi connectivity index (χ2v) is 6.59. The molecule has 138 valence electrons. The van der Waals surface area contributed by atoms with Gasteiger partial charge in [-0.3, -0.25) is 10.1 Å². The van der Waals surface area contributed by atoms with Gasteiger partial charge >= 0.3 is 0 Å². The lowest BCUT2D eigenvalue weighted by Gasteiger charge is -2.20. The smallest absolute Gasteiger partial charge is 0.238 e. The van der Waals surface area contributed by atoms with E-state index in [4.69, 9.17) is 0 Å². The molecule has 0 spiro atoms. The van der Waals surface area contributed by atoms with Crippen LogP contribution in [0.3, 0.4) is 0 Å². The standard InChI is InChI=1S/C23H23FN2O/c1-16-7-6-8-17(2)22(16)26-21(27)15-25-23(18-9-4-3-5-10-18)19-11-13-20(24)14-12-19/h3-14,23,25H,15H2,1-2H3,(H,26,27). The summed E-state index contributed by atoms with van der Waals surface area (Å²) < 4.78 is 13.3. The highest BCUT2D eigenvalue weighted by Gasteiger charge is 2.16. The zero-order valence-electron chi connectivity index (χ0n) is 15.5. The lowest BCUT2D eigenvalue weighted by Crippen LogP contribution is -2.32. The molecule has 0 bridgehead atoms. The number of nitrogens with one attached hydrogen (secondary N) is 2. The van der Waals surface area contributed by atoms with Gasteiger partial charge in [0.2, 0.25) is 5.91 Å². The molecule has 0 aliphatic rings. The van der Waals surface area contributed by atoms with Crippen molar-refractivity contribution in [1.29, 1.82) is 0 Å². The minimum atomic E-state index is -0.279. The molecule has 0 saturated carbocycles. The highest BCUT2D eigenvalue weighted by molar-refractivity contribution is 5.93. The summed E-state index contributed by atoms with van der Waals surface area (Å²) in [7, 11) is 0. The first-order chi connectivity index (χ1) is 13.0. The van der Waals surface area contributed by atoms with E-state index >= 15 is 0 Å². The second kappa shape index (κ2) is 8.60. The summed E-state index contributed by atoms with van der Waals surface area (Å²) in [6.07, 6.45) is 0. The number of aryl methyl sites for hydroxylation is 2. The third-order valence-corrected chi connectivity index (χ3v) is 4.55. The molecule has 3 rings (SSSR count). The first-order valence-electron chi connectivity index (χ1n) is 8.94. The molecule has 1 amide bonds. The van der Waals surface area contributed by atoms with E-state index in [9.17, 15) is 9.18 Å². The van der Waals surface area contributed by atoms with Gasteiger partial charge in [0.25, 0.3) is 0 Å². The molecule has 2 N–H and O–H groups in total. The minimum Gasteiger partial charge on any atom is -0.324 e. The van der Waals surface area contributed by atoms with Gasteiger partial charge in [0, 0.05) is 5.69 Å². The zero-order valence-corrected chi connectivity index (χ0v) is 15.5. The molecule has 0 fully saturated rings. The first-order valence-corrected chi connectivity index (χ1v) is 8.94. The fourth-order valence-electron chi connectivity index (χ4n) is 3.12. The van der Waals surface area contributed by atoms with Crippen LogP contribution in [-0.4, -0.2) is 12.5 Å². The van der Waals surface area contributed by atoms with E-state index in [1.54, 1.807) is 12.1 Å². The van der Waals surface area contributed by atoms with Crippen molar-refractivity contribution in [3.8, 4) is 0 Å². The first kappa shape index (κ1) is 18.8. The van der Waals surface area contributed by atoms with Gasteiger partial charge in [-0.2, -0.15) is 0 Å². The molecule has 0 aliphatic heterocycles. The normalized spacial score (nSPS) is 11.8. The van der Waals surface area contributed by atoms with Crippen LogP contribution >= 0.6 is 0 Å². The average molecular weight is 362 g/mol. The number of carbonyl (C=O) groups is 1. The molecular formula is C23H23FN2O. The van der Waals surface area contributed by atoms with Crippen LogP contribution < -0.4 is 10.6 Å². The Morgan fingerprint density at radius 3 is 2.07 bits per heavy atom. The van der Waals surface area contributed by atoms with Crippen molar-refractivity contribution in [2.24, 2.45) is 0 Å². The Kier molecular flexibility index (Phi) is 5.99. The molecule has 27 heavy (non-hydrogen) atoms. The van der Waals surface area contributed by atoms with Crippen LogP contribution in [0.25, 0.3) is 0 Å². The number of benzene rings is 3. The Hall–Kier alpha value is -2.98. The summed E-state index contributed by atoms with van der Waals surface area (Å²) in [5, 5.41) is 6.28. The van der Waals surface area contributed by atoms with Gasteiger partial charge in [-0.25, -0.2) is 4.39 Å². The Bertz CT molecular complexity index is 887. The van der Waals surface area contributed by atoms with Gasteiger partial charge in [0.1, 0.15) is 5.82 Å².